The van der Waals surface area contributed by atoms with Crippen LogP contribution < -0.4 is 5.32 Å². The molecule has 0 fully saturated rings. The van der Waals surface area contributed by atoms with E-state index in [0.29, 0.717) is 19.3 Å². The van der Waals surface area contributed by atoms with Gasteiger partial charge in [0.2, 0.25) is 5.91 Å². The zero-order valence-electron chi connectivity index (χ0n) is 39.7. The van der Waals surface area contributed by atoms with Crippen molar-refractivity contribution in [1.82, 2.24) is 5.32 Å². The maximum Gasteiger partial charge on any atom is 0.306 e. The van der Waals surface area contributed by atoms with E-state index in [1.165, 1.54) is 154 Å². The summed E-state index contributed by atoms with van der Waals surface area (Å²) < 4.78 is 5.93. The van der Waals surface area contributed by atoms with Crippen molar-refractivity contribution in [2.24, 2.45) is 0 Å². The van der Waals surface area contributed by atoms with Gasteiger partial charge in [0.1, 0.15) is 6.10 Å². The van der Waals surface area contributed by atoms with Crippen LogP contribution in [0, 0.1) is 0 Å². The second-order valence-corrected chi connectivity index (χ2v) is 17.9. The highest BCUT2D eigenvalue weighted by molar-refractivity contribution is 5.77. The fraction of sp³-hybridized carbons (Fsp3) is 0.887. The van der Waals surface area contributed by atoms with E-state index in [9.17, 15) is 19.8 Å². The van der Waals surface area contributed by atoms with Gasteiger partial charge >= 0.3 is 5.97 Å². The van der Waals surface area contributed by atoms with E-state index in [0.717, 1.165) is 77.0 Å². The van der Waals surface area contributed by atoms with Crippen molar-refractivity contribution in [2.45, 2.75) is 296 Å². The molecule has 1 amide bonds. The number of rotatable bonds is 47. The molecule has 3 N–H and O–H groups in total. The molecule has 0 saturated heterocycles. The van der Waals surface area contributed by atoms with Gasteiger partial charge < -0.3 is 20.3 Å². The predicted octanol–water partition coefficient (Wildman–Crippen LogP) is 15.5. The summed E-state index contributed by atoms with van der Waals surface area (Å²) in [6.45, 7) is 6.38. The molecule has 3 atom stereocenters. The van der Waals surface area contributed by atoms with E-state index in [2.05, 4.69) is 50.4 Å². The highest BCUT2D eigenvalue weighted by Crippen LogP contribution is 2.18. The lowest BCUT2D eigenvalue weighted by molar-refractivity contribution is -0.151. The van der Waals surface area contributed by atoms with Crippen LogP contribution in [0.5, 0.6) is 0 Å². The first-order valence-corrected chi connectivity index (χ1v) is 26.1. The first kappa shape index (κ1) is 57.3. The number of ether oxygens (including phenoxy) is 1. The van der Waals surface area contributed by atoms with E-state index >= 15 is 0 Å². The maximum absolute atomic E-state index is 13.2. The fourth-order valence-electron chi connectivity index (χ4n) is 8.12. The topological polar surface area (TPSA) is 95.9 Å². The summed E-state index contributed by atoms with van der Waals surface area (Å²) in [5, 5.41) is 23.7. The van der Waals surface area contributed by atoms with Crippen LogP contribution in [0.2, 0.25) is 0 Å². The molecular weight excluding hydrogens is 731 g/mol. The van der Waals surface area contributed by atoms with Gasteiger partial charge in [0.15, 0.2) is 0 Å². The average molecular weight is 832 g/mol. The van der Waals surface area contributed by atoms with Gasteiger partial charge in [0.25, 0.3) is 0 Å². The molecule has 59 heavy (non-hydrogen) atoms. The highest BCUT2D eigenvalue weighted by Gasteiger charge is 2.24. The molecule has 6 heteroatoms. The SMILES string of the molecule is CC/C=C/C/C=C/CCCCCCCC(CC(=O)NC(CO)C(O)CCCCCCCCCCCC)OC(=O)CCCCCCCCCCCCCCCCCCCC. The second-order valence-electron chi connectivity index (χ2n) is 17.9. The molecule has 0 saturated carbocycles. The van der Waals surface area contributed by atoms with Crippen LogP contribution in [0.3, 0.4) is 0 Å². The molecule has 0 radical (unpaired) electrons. The van der Waals surface area contributed by atoms with Gasteiger partial charge in [-0.25, -0.2) is 0 Å². The van der Waals surface area contributed by atoms with Crippen LogP contribution in [-0.2, 0) is 14.3 Å². The van der Waals surface area contributed by atoms with E-state index < -0.39 is 18.2 Å². The van der Waals surface area contributed by atoms with Crippen molar-refractivity contribution in [3.63, 3.8) is 0 Å². The van der Waals surface area contributed by atoms with Gasteiger partial charge in [0, 0.05) is 6.42 Å². The van der Waals surface area contributed by atoms with Gasteiger partial charge in [-0.15, -0.1) is 0 Å². The molecule has 6 nitrogen and oxygen atoms in total. The largest absolute Gasteiger partial charge is 0.462 e. The molecule has 0 aromatic heterocycles. The molecule has 0 rings (SSSR count). The summed E-state index contributed by atoms with van der Waals surface area (Å²) in [5.74, 6) is -0.475. The highest BCUT2D eigenvalue weighted by atomic mass is 16.5. The van der Waals surface area contributed by atoms with E-state index in [4.69, 9.17) is 4.74 Å². The Balaban J connectivity index is 4.48. The summed E-state index contributed by atoms with van der Waals surface area (Å²) in [6, 6.07) is -0.700. The predicted molar refractivity (Wildman–Crippen MR) is 255 cm³/mol. The third-order valence-electron chi connectivity index (χ3n) is 12.0. The number of aliphatic hydroxyl groups is 2. The van der Waals surface area contributed by atoms with Gasteiger partial charge in [-0.1, -0.05) is 238 Å². The number of unbranched alkanes of at least 4 members (excludes halogenated alkanes) is 31. The van der Waals surface area contributed by atoms with Gasteiger partial charge in [-0.3, -0.25) is 9.59 Å². The van der Waals surface area contributed by atoms with Crippen LogP contribution >= 0.6 is 0 Å². The number of aliphatic hydroxyl groups excluding tert-OH is 2. The van der Waals surface area contributed by atoms with Crippen molar-refractivity contribution < 1.29 is 24.5 Å². The average Bonchev–Trinajstić information content (AvgIpc) is 3.23. The number of carbonyl (C=O) groups is 2. The standard InChI is InChI=1S/C53H101NO5/c1-4-7-10-13-16-19-22-24-25-26-27-28-29-31-34-37-40-43-46-53(58)59-49(44-41-38-35-32-30-23-20-17-14-11-8-5-2)47-52(57)54-50(48-55)51(56)45-42-39-36-33-21-18-15-12-9-6-3/h8,11,17,20,49-51,55-56H,4-7,9-10,12-16,18-19,21-48H2,1-3H3,(H,54,57)/b11-8+,20-17+. The summed E-state index contributed by atoms with van der Waals surface area (Å²) in [5.41, 5.74) is 0. The molecule has 3 unspecified atom stereocenters. The molecule has 0 aliphatic heterocycles. The van der Waals surface area contributed by atoms with Crippen molar-refractivity contribution in [3.05, 3.63) is 24.3 Å². The first-order valence-electron chi connectivity index (χ1n) is 26.1. The first-order chi connectivity index (χ1) is 29.0. The normalized spacial score (nSPS) is 13.4. The van der Waals surface area contributed by atoms with E-state index in [1.54, 1.807) is 0 Å². The fourth-order valence-corrected chi connectivity index (χ4v) is 8.12. The molecule has 0 bridgehead atoms. The number of hydrogen-bond acceptors (Lipinski definition) is 5. The lowest BCUT2D eigenvalue weighted by atomic mass is 10.0. The number of allylic oxidation sites excluding steroid dienone is 4. The van der Waals surface area contributed by atoms with Crippen molar-refractivity contribution >= 4 is 11.9 Å². The molecule has 0 aliphatic carbocycles. The molecule has 0 aromatic rings. The summed E-state index contributed by atoms with van der Waals surface area (Å²) in [4.78, 5) is 26.1. The third kappa shape index (κ3) is 42.8. The monoisotopic (exact) mass is 832 g/mol. The number of amides is 1. The van der Waals surface area contributed by atoms with Crippen LogP contribution in [0.25, 0.3) is 0 Å². The molecule has 348 valence electrons. The lowest BCUT2D eigenvalue weighted by Crippen LogP contribution is -2.46. The van der Waals surface area contributed by atoms with Crippen LogP contribution in [0.1, 0.15) is 278 Å². The Labute approximate surface area is 367 Å². The molecule has 0 spiro atoms. The Kier molecular flexibility index (Phi) is 46.1. The second kappa shape index (κ2) is 47.4. The molecular formula is C53H101NO5. The van der Waals surface area contributed by atoms with E-state index in [1.807, 2.05) is 0 Å². The third-order valence-corrected chi connectivity index (χ3v) is 12.0. The minimum atomic E-state index is -0.786. The summed E-state index contributed by atoms with van der Waals surface area (Å²) >= 11 is 0. The Morgan fingerprint density at radius 1 is 0.508 bits per heavy atom. The maximum atomic E-state index is 13.2. The van der Waals surface area contributed by atoms with Gasteiger partial charge in [-0.05, 0) is 51.4 Å². The minimum absolute atomic E-state index is 0.0730. The van der Waals surface area contributed by atoms with Gasteiger partial charge in [0.05, 0.1) is 25.2 Å². The number of carbonyl (C=O) groups excluding carboxylic acids is 2. The van der Waals surface area contributed by atoms with Crippen LogP contribution in [-0.4, -0.2) is 46.9 Å². The number of hydrogen-bond donors (Lipinski definition) is 3. The van der Waals surface area contributed by atoms with Crippen molar-refractivity contribution in [2.75, 3.05) is 6.61 Å². The van der Waals surface area contributed by atoms with E-state index in [-0.39, 0.29) is 24.9 Å². The summed E-state index contributed by atoms with van der Waals surface area (Å²) in [7, 11) is 0. The molecule has 0 heterocycles. The van der Waals surface area contributed by atoms with Crippen molar-refractivity contribution in [3.8, 4) is 0 Å². The summed E-state index contributed by atoms with van der Waals surface area (Å²) in [6.07, 6.45) is 53.9. The Morgan fingerprint density at radius 3 is 1.37 bits per heavy atom. The zero-order valence-corrected chi connectivity index (χ0v) is 39.7. The number of esters is 1. The van der Waals surface area contributed by atoms with Crippen LogP contribution in [0.15, 0.2) is 24.3 Å². The Hall–Kier alpha value is -1.66. The molecule has 0 aromatic carbocycles. The Bertz CT molecular complexity index is 935. The quantitative estimate of drug-likeness (QED) is 0.0322. The Morgan fingerprint density at radius 2 is 0.915 bits per heavy atom. The van der Waals surface area contributed by atoms with Gasteiger partial charge in [-0.2, -0.15) is 0 Å². The zero-order chi connectivity index (χ0) is 43.1. The van der Waals surface area contributed by atoms with Crippen molar-refractivity contribution in [1.29, 1.82) is 0 Å². The minimum Gasteiger partial charge on any atom is -0.462 e. The number of nitrogens with one attached hydrogen (secondary N) is 1. The molecule has 0 aliphatic rings. The lowest BCUT2D eigenvalue weighted by Gasteiger charge is -2.24. The van der Waals surface area contributed by atoms with Crippen LogP contribution in [0.4, 0.5) is 0 Å². The smallest absolute Gasteiger partial charge is 0.306 e.